The number of likely N-dealkylation sites (N-methyl/N-ethyl adjacent to an activating group) is 1. The molecule has 7 heteroatoms. The molecular formula is C15H19N3O4. The number of nitrogens with one attached hydrogen (secondary N) is 2. The summed E-state index contributed by atoms with van der Waals surface area (Å²) in [6, 6.07) is 5.36. The third-order valence-electron chi connectivity index (χ3n) is 3.76. The van der Waals surface area contributed by atoms with Gasteiger partial charge in [-0.15, -0.1) is 0 Å². The summed E-state index contributed by atoms with van der Waals surface area (Å²) < 4.78 is 5.37. The van der Waals surface area contributed by atoms with E-state index in [1.54, 1.807) is 13.1 Å². The Hall–Kier alpha value is -2.57. The maximum absolute atomic E-state index is 12.7. The first-order valence-electron chi connectivity index (χ1n) is 6.86. The van der Waals surface area contributed by atoms with Crippen LogP contribution in [0.2, 0.25) is 0 Å². The summed E-state index contributed by atoms with van der Waals surface area (Å²) in [5.41, 5.74) is 0.475. The van der Waals surface area contributed by atoms with E-state index in [0.717, 1.165) is 5.56 Å². The number of benzene rings is 1. The predicted octanol–water partition coefficient (Wildman–Crippen LogP) is 0.659. The second-order valence-corrected chi connectivity index (χ2v) is 5.20. The molecule has 1 atom stereocenters. The SMILES string of the molecule is CNC(=O)CC1(OC(=O)NC)C(=O)N(C)c2cc(C)ccc21. The van der Waals surface area contributed by atoms with Crippen molar-refractivity contribution in [3.8, 4) is 0 Å². The molecule has 1 aliphatic rings. The van der Waals surface area contributed by atoms with Crippen LogP contribution in [0.5, 0.6) is 0 Å². The van der Waals surface area contributed by atoms with E-state index >= 15 is 0 Å². The minimum absolute atomic E-state index is 0.268. The molecule has 0 aromatic heterocycles. The van der Waals surface area contributed by atoms with E-state index in [1.165, 1.54) is 19.0 Å². The van der Waals surface area contributed by atoms with E-state index in [2.05, 4.69) is 10.6 Å². The Kier molecular flexibility index (Phi) is 4.07. The third-order valence-corrected chi connectivity index (χ3v) is 3.76. The Morgan fingerprint density at radius 3 is 2.55 bits per heavy atom. The average molecular weight is 305 g/mol. The molecule has 1 aliphatic heterocycles. The van der Waals surface area contributed by atoms with Gasteiger partial charge in [0.25, 0.3) is 5.91 Å². The first-order valence-corrected chi connectivity index (χ1v) is 6.86. The van der Waals surface area contributed by atoms with Crippen LogP contribution < -0.4 is 15.5 Å². The van der Waals surface area contributed by atoms with Crippen molar-refractivity contribution in [2.75, 3.05) is 26.0 Å². The van der Waals surface area contributed by atoms with Gasteiger partial charge in [-0.3, -0.25) is 9.59 Å². The Morgan fingerprint density at radius 1 is 1.27 bits per heavy atom. The Balaban J connectivity index is 2.59. The number of rotatable bonds is 3. The van der Waals surface area contributed by atoms with Crippen molar-refractivity contribution in [1.82, 2.24) is 10.6 Å². The van der Waals surface area contributed by atoms with Gasteiger partial charge in [0.2, 0.25) is 11.5 Å². The van der Waals surface area contributed by atoms with Crippen molar-refractivity contribution >= 4 is 23.6 Å². The van der Waals surface area contributed by atoms with Crippen LogP contribution in [0.3, 0.4) is 0 Å². The van der Waals surface area contributed by atoms with E-state index in [4.69, 9.17) is 4.74 Å². The number of ether oxygens (including phenoxy) is 1. The largest absolute Gasteiger partial charge is 0.427 e. The van der Waals surface area contributed by atoms with Crippen molar-refractivity contribution in [2.24, 2.45) is 0 Å². The lowest BCUT2D eigenvalue weighted by Gasteiger charge is -2.27. The topological polar surface area (TPSA) is 87.7 Å². The van der Waals surface area contributed by atoms with E-state index in [1.807, 2.05) is 19.1 Å². The molecule has 0 fully saturated rings. The van der Waals surface area contributed by atoms with Crippen molar-refractivity contribution < 1.29 is 19.1 Å². The highest BCUT2D eigenvalue weighted by Crippen LogP contribution is 2.44. The summed E-state index contributed by atoms with van der Waals surface area (Å²) in [5.74, 6) is -0.834. The van der Waals surface area contributed by atoms with E-state index < -0.39 is 17.6 Å². The smallest absolute Gasteiger partial charge is 0.408 e. The molecule has 22 heavy (non-hydrogen) atoms. The van der Waals surface area contributed by atoms with E-state index in [-0.39, 0.29) is 12.3 Å². The van der Waals surface area contributed by atoms with Crippen molar-refractivity contribution in [1.29, 1.82) is 0 Å². The number of nitrogens with zero attached hydrogens (tertiary/aromatic N) is 1. The molecule has 1 aromatic carbocycles. The molecule has 2 rings (SSSR count). The highest BCUT2D eigenvalue weighted by atomic mass is 16.6. The van der Waals surface area contributed by atoms with Gasteiger partial charge >= 0.3 is 6.09 Å². The molecule has 118 valence electrons. The maximum atomic E-state index is 12.7. The fourth-order valence-electron chi connectivity index (χ4n) is 2.59. The van der Waals surface area contributed by atoms with Crippen LogP contribution in [0.15, 0.2) is 18.2 Å². The van der Waals surface area contributed by atoms with Crippen LogP contribution in [-0.2, 0) is 19.9 Å². The van der Waals surface area contributed by atoms with Gasteiger partial charge in [0.1, 0.15) is 0 Å². The molecule has 1 aromatic rings. The summed E-state index contributed by atoms with van der Waals surface area (Å²) in [7, 11) is 4.46. The van der Waals surface area contributed by atoms with Crippen LogP contribution in [0.4, 0.5) is 10.5 Å². The van der Waals surface area contributed by atoms with Gasteiger partial charge in [-0.1, -0.05) is 12.1 Å². The van der Waals surface area contributed by atoms with Crippen molar-refractivity contribution in [2.45, 2.75) is 18.9 Å². The molecule has 0 saturated carbocycles. The zero-order chi connectivity index (χ0) is 16.5. The quantitative estimate of drug-likeness (QED) is 0.858. The summed E-state index contributed by atoms with van der Waals surface area (Å²) in [4.78, 5) is 37.8. The van der Waals surface area contributed by atoms with E-state index in [9.17, 15) is 14.4 Å². The Labute approximate surface area is 128 Å². The highest BCUT2D eigenvalue weighted by Gasteiger charge is 2.54. The number of alkyl carbamates (subject to hydrolysis) is 1. The first-order chi connectivity index (χ1) is 10.4. The Morgan fingerprint density at radius 2 is 1.95 bits per heavy atom. The molecule has 0 bridgehead atoms. The van der Waals surface area contributed by atoms with Gasteiger partial charge in [0.15, 0.2) is 0 Å². The van der Waals surface area contributed by atoms with Gasteiger partial charge in [0, 0.05) is 26.7 Å². The van der Waals surface area contributed by atoms with Gasteiger partial charge < -0.3 is 20.3 Å². The average Bonchev–Trinajstić information content (AvgIpc) is 2.69. The number of amides is 3. The number of carbonyl (C=O) groups is 3. The highest BCUT2D eigenvalue weighted by molar-refractivity contribution is 6.09. The van der Waals surface area contributed by atoms with Gasteiger partial charge in [-0.25, -0.2) is 4.79 Å². The van der Waals surface area contributed by atoms with Crippen LogP contribution in [0.25, 0.3) is 0 Å². The second-order valence-electron chi connectivity index (χ2n) is 5.20. The molecule has 0 radical (unpaired) electrons. The number of fused-ring (bicyclic) bond motifs is 1. The standard InChI is InChI=1S/C15H19N3O4/c1-9-5-6-10-11(7-9)18(4)13(20)15(10,8-12(19)16-2)22-14(21)17-3/h5-7H,8H2,1-4H3,(H,16,19)(H,17,21). The van der Waals surface area contributed by atoms with Crippen molar-refractivity contribution in [3.63, 3.8) is 0 Å². The summed E-state index contributed by atoms with van der Waals surface area (Å²) in [6.07, 6.45) is -1.03. The van der Waals surface area contributed by atoms with Crippen LogP contribution in [0.1, 0.15) is 17.5 Å². The monoisotopic (exact) mass is 305 g/mol. The summed E-state index contributed by atoms with van der Waals surface area (Å²) in [6.45, 7) is 1.90. The van der Waals surface area contributed by atoms with E-state index in [0.29, 0.717) is 11.3 Å². The van der Waals surface area contributed by atoms with Crippen molar-refractivity contribution in [3.05, 3.63) is 29.3 Å². The molecule has 0 saturated heterocycles. The molecule has 2 N–H and O–H groups in total. The second kappa shape index (κ2) is 5.67. The normalized spacial score (nSPS) is 19.6. The van der Waals surface area contributed by atoms with Crippen LogP contribution in [0, 0.1) is 6.92 Å². The molecular weight excluding hydrogens is 286 g/mol. The number of aryl methyl sites for hydroxylation is 1. The fourth-order valence-corrected chi connectivity index (χ4v) is 2.59. The van der Waals surface area contributed by atoms with Crippen LogP contribution >= 0.6 is 0 Å². The summed E-state index contributed by atoms with van der Waals surface area (Å²) in [5, 5.41) is 4.79. The lowest BCUT2D eigenvalue weighted by molar-refractivity contribution is -0.142. The molecule has 1 unspecified atom stereocenters. The lowest BCUT2D eigenvalue weighted by Crippen LogP contribution is -2.47. The minimum atomic E-state index is -1.64. The zero-order valence-corrected chi connectivity index (χ0v) is 13.0. The number of anilines is 1. The molecule has 3 amide bonds. The zero-order valence-electron chi connectivity index (χ0n) is 13.0. The van der Waals surface area contributed by atoms with Gasteiger partial charge in [-0.05, 0) is 18.6 Å². The number of hydrogen-bond donors (Lipinski definition) is 2. The summed E-state index contributed by atoms with van der Waals surface area (Å²) >= 11 is 0. The molecule has 0 aliphatic carbocycles. The predicted molar refractivity (Wildman–Crippen MR) is 80.5 cm³/mol. The molecule has 1 heterocycles. The Bertz CT molecular complexity index is 624. The molecule has 7 nitrogen and oxygen atoms in total. The van der Waals surface area contributed by atoms with Gasteiger partial charge in [-0.2, -0.15) is 0 Å². The number of carbonyl (C=O) groups excluding carboxylic acids is 3. The number of hydrogen-bond acceptors (Lipinski definition) is 4. The fraction of sp³-hybridized carbons (Fsp3) is 0.400. The maximum Gasteiger partial charge on any atom is 0.408 e. The first kappa shape index (κ1) is 15.8. The third kappa shape index (κ3) is 2.38. The van der Waals surface area contributed by atoms with Crippen LogP contribution in [-0.4, -0.2) is 39.1 Å². The lowest BCUT2D eigenvalue weighted by atomic mass is 9.90. The molecule has 0 spiro atoms. The minimum Gasteiger partial charge on any atom is -0.427 e. The van der Waals surface area contributed by atoms with Gasteiger partial charge in [0.05, 0.1) is 12.1 Å².